The summed E-state index contributed by atoms with van der Waals surface area (Å²) in [6, 6.07) is 0. The van der Waals surface area contributed by atoms with Crippen molar-refractivity contribution in [3.8, 4) is 0 Å². The van der Waals surface area contributed by atoms with E-state index in [9.17, 15) is 0 Å². The van der Waals surface area contributed by atoms with Crippen LogP contribution in [-0.4, -0.2) is 11.7 Å². The lowest BCUT2D eigenvalue weighted by Gasteiger charge is -2.57. The Kier molecular flexibility index (Phi) is 5.31. The Bertz CT molecular complexity index is 492. The molecule has 142 valence electrons. The summed E-state index contributed by atoms with van der Waals surface area (Å²) in [5, 5.41) is 0. The zero-order valence-electron chi connectivity index (χ0n) is 19.1. The first-order valence-electron chi connectivity index (χ1n) is 9.64. The molecule has 1 heteroatoms. The largest absolute Gasteiger partial charge is 0.367 e. The SMILES string of the molecule is CC(C)(C)C1=C(C(C)(C)C)C(C)(C)OC(C(C)(C)C)[C@H]1C(C)(C)C. The molecule has 1 aliphatic rings. The Balaban J connectivity index is 3.93. The van der Waals surface area contributed by atoms with Gasteiger partial charge in [-0.25, -0.2) is 0 Å². The van der Waals surface area contributed by atoms with Gasteiger partial charge in [-0.05, 0) is 41.1 Å². The zero-order valence-corrected chi connectivity index (χ0v) is 19.1. The molecule has 0 aromatic heterocycles. The van der Waals surface area contributed by atoms with Crippen molar-refractivity contribution in [1.29, 1.82) is 0 Å². The van der Waals surface area contributed by atoms with Crippen molar-refractivity contribution in [2.45, 2.75) is 109 Å². The average Bonchev–Trinajstić information content (AvgIpc) is 2.19. The third-order valence-electron chi connectivity index (χ3n) is 5.25. The standard InChI is InChI=1S/C23H44O/c1-19(2,3)15-16(20(4,5)6)18(22(10,11)12)24-23(13,14)17(15)21(7,8)9/h16,18H,1-14H3/t16-,18?/m0/s1. The van der Waals surface area contributed by atoms with Crippen molar-refractivity contribution < 1.29 is 4.74 Å². The number of rotatable bonds is 0. The van der Waals surface area contributed by atoms with Crippen LogP contribution in [0.2, 0.25) is 0 Å². The van der Waals surface area contributed by atoms with Gasteiger partial charge in [0.1, 0.15) is 0 Å². The summed E-state index contributed by atoms with van der Waals surface area (Å²) in [5.74, 6) is 0.416. The van der Waals surface area contributed by atoms with E-state index in [-0.39, 0.29) is 33.4 Å². The Morgan fingerprint density at radius 2 is 1.08 bits per heavy atom. The topological polar surface area (TPSA) is 9.23 Å². The minimum absolute atomic E-state index is 0.0957. The van der Waals surface area contributed by atoms with Gasteiger partial charge in [-0.3, -0.25) is 0 Å². The quantitative estimate of drug-likeness (QED) is 0.423. The third-order valence-corrected chi connectivity index (χ3v) is 5.25. The van der Waals surface area contributed by atoms with Gasteiger partial charge in [-0.2, -0.15) is 0 Å². The molecule has 0 N–H and O–H groups in total. The number of hydrogen-bond donors (Lipinski definition) is 0. The third kappa shape index (κ3) is 4.26. The smallest absolute Gasteiger partial charge is 0.0847 e. The molecule has 0 saturated carbocycles. The first-order valence-corrected chi connectivity index (χ1v) is 9.64. The number of hydrogen-bond acceptors (Lipinski definition) is 1. The fourth-order valence-electron chi connectivity index (χ4n) is 4.79. The fourth-order valence-corrected chi connectivity index (χ4v) is 4.79. The molecule has 24 heavy (non-hydrogen) atoms. The van der Waals surface area contributed by atoms with Crippen LogP contribution in [0.4, 0.5) is 0 Å². The zero-order chi connectivity index (χ0) is 19.5. The van der Waals surface area contributed by atoms with Crippen LogP contribution in [0.1, 0.15) is 96.9 Å². The Morgan fingerprint density at radius 3 is 1.33 bits per heavy atom. The molecular formula is C23H44O. The molecule has 2 atom stereocenters. The molecule has 0 fully saturated rings. The molecule has 0 aliphatic carbocycles. The van der Waals surface area contributed by atoms with Crippen molar-refractivity contribution in [2.24, 2.45) is 27.6 Å². The highest BCUT2D eigenvalue weighted by molar-refractivity contribution is 5.37. The molecule has 1 nitrogen and oxygen atoms in total. The van der Waals surface area contributed by atoms with Gasteiger partial charge >= 0.3 is 0 Å². The Morgan fingerprint density at radius 1 is 0.667 bits per heavy atom. The number of ether oxygens (including phenoxy) is 1. The Hall–Kier alpha value is -0.300. The van der Waals surface area contributed by atoms with Crippen LogP contribution < -0.4 is 0 Å². The summed E-state index contributed by atoms with van der Waals surface area (Å²) >= 11 is 0. The van der Waals surface area contributed by atoms with Crippen LogP contribution in [0.15, 0.2) is 11.1 Å². The van der Waals surface area contributed by atoms with Crippen LogP contribution in [-0.2, 0) is 4.74 Å². The van der Waals surface area contributed by atoms with Gasteiger partial charge in [-0.15, -0.1) is 0 Å². The summed E-state index contributed by atoms with van der Waals surface area (Å²) in [4.78, 5) is 0. The van der Waals surface area contributed by atoms with Crippen LogP contribution in [0.3, 0.4) is 0 Å². The lowest BCUT2D eigenvalue weighted by Crippen LogP contribution is -2.56. The molecule has 1 heterocycles. The van der Waals surface area contributed by atoms with Crippen LogP contribution in [0.5, 0.6) is 0 Å². The maximum atomic E-state index is 6.88. The average molecular weight is 337 g/mol. The molecule has 1 rings (SSSR count). The van der Waals surface area contributed by atoms with Crippen molar-refractivity contribution >= 4 is 0 Å². The molecule has 1 unspecified atom stereocenters. The lowest BCUT2D eigenvalue weighted by atomic mass is 9.55. The Labute approximate surface area is 152 Å². The molecule has 0 radical (unpaired) electrons. The van der Waals surface area contributed by atoms with E-state index in [0.717, 1.165) is 0 Å². The van der Waals surface area contributed by atoms with E-state index >= 15 is 0 Å². The minimum Gasteiger partial charge on any atom is -0.367 e. The summed E-state index contributed by atoms with van der Waals surface area (Å²) in [6.45, 7) is 32.9. The highest BCUT2D eigenvalue weighted by Crippen LogP contribution is 2.57. The van der Waals surface area contributed by atoms with E-state index in [0.29, 0.717) is 5.92 Å². The van der Waals surface area contributed by atoms with E-state index in [1.165, 1.54) is 5.57 Å². The van der Waals surface area contributed by atoms with Crippen LogP contribution in [0.25, 0.3) is 0 Å². The maximum absolute atomic E-state index is 6.88. The monoisotopic (exact) mass is 336 g/mol. The van der Waals surface area contributed by atoms with Crippen molar-refractivity contribution in [1.82, 2.24) is 0 Å². The molecule has 0 saturated heterocycles. The fraction of sp³-hybridized carbons (Fsp3) is 0.913. The normalized spacial score (nSPS) is 26.8. The van der Waals surface area contributed by atoms with Crippen LogP contribution in [0, 0.1) is 27.6 Å². The van der Waals surface area contributed by atoms with Crippen molar-refractivity contribution in [3.63, 3.8) is 0 Å². The van der Waals surface area contributed by atoms with Crippen LogP contribution >= 0.6 is 0 Å². The predicted molar refractivity (Wildman–Crippen MR) is 107 cm³/mol. The van der Waals surface area contributed by atoms with Gasteiger partial charge in [0.2, 0.25) is 0 Å². The second-order valence-electron chi connectivity index (χ2n) is 12.5. The van der Waals surface area contributed by atoms with Gasteiger partial charge in [0.25, 0.3) is 0 Å². The first kappa shape index (κ1) is 21.7. The first-order chi connectivity index (χ1) is 10.2. The van der Waals surface area contributed by atoms with E-state index in [1.54, 1.807) is 5.57 Å². The van der Waals surface area contributed by atoms with Crippen molar-refractivity contribution in [3.05, 3.63) is 11.1 Å². The molecule has 1 aliphatic heterocycles. The summed E-state index contributed by atoms with van der Waals surface area (Å²) in [5.41, 5.74) is 3.38. The summed E-state index contributed by atoms with van der Waals surface area (Å²) in [6.07, 6.45) is 0.216. The second-order valence-corrected chi connectivity index (χ2v) is 12.5. The summed E-state index contributed by atoms with van der Waals surface area (Å²) < 4.78 is 6.88. The minimum atomic E-state index is -0.236. The van der Waals surface area contributed by atoms with Gasteiger partial charge in [0.15, 0.2) is 0 Å². The highest BCUT2D eigenvalue weighted by atomic mass is 16.5. The van der Waals surface area contributed by atoms with Crippen molar-refractivity contribution in [2.75, 3.05) is 0 Å². The molecule has 0 aromatic carbocycles. The maximum Gasteiger partial charge on any atom is 0.0847 e. The van der Waals surface area contributed by atoms with E-state index in [2.05, 4.69) is 96.9 Å². The molecule has 0 aromatic rings. The van der Waals surface area contributed by atoms with Gasteiger partial charge in [0, 0.05) is 5.92 Å². The molecular weight excluding hydrogens is 292 g/mol. The van der Waals surface area contributed by atoms with Gasteiger partial charge in [0.05, 0.1) is 11.7 Å². The van der Waals surface area contributed by atoms with E-state index in [4.69, 9.17) is 4.74 Å². The predicted octanol–water partition coefficient (Wildman–Crippen LogP) is 7.26. The van der Waals surface area contributed by atoms with Gasteiger partial charge < -0.3 is 4.74 Å². The lowest BCUT2D eigenvalue weighted by molar-refractivity contribution is -0.157. The highest BCUT2D eigenvalue weighted by Gasteiger charge is 2.54. The molecule has 0 bridgehead atoms. The molecule has 0 spiro atoms. The molecule has 0 amide bonds. The second kappa shape index (κ2) is 5.86. The van der Waals surface area contributed by atoms with E-state index in [1.807, 2.05) is 0 Å². The van der Waals surface area contributed by atoms with E-state index < -0.39 is 0 Å². The summed E-state index contributed by atoms with van der Waals surface area (Å²) in [7, 11) is 0. The van der Waals surface area contributed by atoms with Gasteiger partial charge in [-0.1, -0.05) is 88.7 Å².